The van der Waals surface area contributed by atoms with E-state index >= 15 is 0 Å². The Kier molecular flexibility index (Phi) is 7.54. The van der Waals surface area contributed by atoms with Crippen molar-refractivity contribution in [1.29, 1.82) is 0 Å². The van der Waals surface area contributed by atoms with E-state index in [0.29, 0.717) is 0 Å². The largest absolute Gasteiger partial charge is 0.469 e. The SMILES string of the molecule is COC(=O)Cc1cccc(-c2cccc(CO[C@H]3O[C@H](CO)[C@@H](O)[C@H](O)[C@@H]3O)c2)c1. The third-order valence-electron chi connectivity index (χ3n) is 5.03. The lowest BCUT2D eigenvalue weighted by molar-refractivity contribution is -0.304. The maximum atomic E-state index is 11.5. The number of carbonyl (C=O) groups excluding carboxylic acids is 1. The Morgan fingerprint density at radius 1 is 0.967 bits per heavy atom. The highest BCUT2D eigenvalue weighted by atomic mass is 16.7. The smallest absolute Gasteiger partial charge is 0.309 e. The van der Waals surface area contributed by atoms with E-state index in [4.69, 9.17) is 14.2 Å². The van der Waals surface area contributed by atoms with E-state index in [1.165, 1.54) is 7.11 Å². The molecule has 30 heavy (non-hydrogen) atoms. The first kappa shape index (κ1) is 22.4. The van der Waals surface area contributed by atoms with Crippen molar-refractivity contribution in [3.8, 4) is 11.1 Å². The fourth-order valence-corrected chi connectivity index (χ4v) is 3.32. The van der Waals surface area contributed by atoms with E-state index < -0.39 is 37.3 Å². The second kappa shape index (κ2) is 10.1. The van der Waals surface area contributed by atoms with Gasteiger partial charge in [0.2, 0.25) is 0 Å². The summed E-state index contributed by atoms with van der Waals surface area (Å²) < 4.78 is 15.7. The number of esters is 1. The van der Waals surface area contributed by atoms with Crippen molar-refractivity contribution in [2.75, 3.05) is 13.7 Å². The maximum Gasteiger partial charge on any atom is 0.309 e. The molecule has 1 heterocycles. The summed E-state index contributed by atoms with van der Waals surface area (Å²) in [6.07, 6.45) is -6.37. The van der Waals surface area contributed by atoms with E-state index in [1.807, 2.05) is 48.5 Å². The van der Waals surface area contributed by atoms with Crippen LogP contribution in [0.15, 0.2) is 48.5 Å². The average molecular weight is 418 g/mol. The number of methoxy groups -OCH3 is 1. The lowest BCUT2D eigenvalue weighted by Crippen LogP contribution is -2.59. The zero-order valence-corrected chi connectivity index (χ0v) is 16.5. The number of benzene rings is 2. The Balaban J connectivity index is 1.69. The number of hydrogen-bond acceptors (Lipinski definition) is 8. The predicted molar refractivity (Wildman–Crippen MR) is 106 cm³/mol. The third kappa shape index (κ3) is 5.23. The number of ether oxygens (including phenoxy) is 3. The molecule has 0 aliphatic carbocycles. The molecular weight excluding hydrogens is 392 g/mol. The summed E-state index contributed by atoms with van der Waals surface area (Å²) in [4.78, 5) is 11.5. The van der Waals surface area contributed by atoms with E-state index in [2.05, 4.69) is 0 Å². The molecule has 5 atom stereocenters. The van der Waals surface area contributed by atoms with Crippen molar-refractivity contribution in [3.63, 3.8) is 0 Å². The van der Waals surface area contributed by atoms with Gasteiger partial charge in [-0.15, -0.1) is 0 Å². The molecule has 1 fully saturated rings. The second-order valence-electron chi connectivity index (χ2n) is 7.16. The summed E-state index contributed by atoms with van der Waals surface area (Å²) in [7, 11) is 1.35. The topological polar surface area (TPSA) is 126 Å². The first-order valence-corrected chi connectivity index (χ1v) is 9.60. The lowest BCUT2D eigenvalue weighted by atomic mass is 9.99. The van der Waals surface area contributed by atoms with Crippen LogP contribution in [-0.2, 0) is 32.0 Å². The number of rotatable bonds is 7. The van der Waals surface area contributed by atoms with Crippen molar-refractivity contribution in [2.24, 2.45) is 0 Å². The zero-order valence-electron chi connectivity index (χ0n) is 16.5. The van der Waals surface area contributed by atoms with Gasteiger partial charge in [0.15, 0.2) is 6.29 Å². The van der Waals surface area contributed by atoms with Crippen molar-refractivity contribution < 1.29 is 39.4 Å². The Morgan fingerprint density at radius 3 is 2.23 bits per heavy atom. The minimum absolute atomic E-state index is 0.0817. The Labute approximate surface area is 174 Å². The first-order chi connectivity index (χ1) is 14.4. The van der Waals surface area contributed by atoms with Gasteiger partial charge in [-0.1, -0.05) is 42.5 Å². The van der Waals surface area contributed by atoms with Crippen LogP contribution in [-0.4, -0.2) is 70.8 Å². The van der Waals surface area contributed by atoms with Gasteiger partial charge < -0.3 is 34.6 Å². The van der Waals surface area contributed by atoms with Gasteiger partial charge in [-0.25, -0.2) is 0 Å². The first-order valence-electron chi connectivity index (χ1n) is 9.60. The van der Waals surface area contributed by atoms with Crippen LogP contribution in [0.4, 0.5) is 0 Å². The van der Waals surface area contributed by atoms with Crippen LogP contribution < -0.4 is 0 Å². The quantitative estimate of drug-likeness (QED) is 0.476. The van der Waals surface area contributed by atoms with Gasteiger partial charge in [0.05, 0.1) is 26.7 Å². The van der Waals surface area contributed by atoms with Gasteiger partial charge in [-0.2, -0.15) is 0 Å². The Hall–Kier alpha value is -2.33. The van der Waals surface area contributed by atoms with E-state index in [0.717, 1.165) is 22.3 Å². The molecule has 1 aliphatic heterocycles. The van der Waals surface area contributed by atoms with Crippen LogP contribution in [0.1, 0.15) is 11.1 Å². The molecule has 162 valence electrons. The standard InChI is InChI=1S/C22H26O8/c1-28-18(24)10-13-4-2-6-15(8-13)16-7-3-5-14(9-16)12-29-22-21(27)20(26)19(25)17(11-23)30-22/h2-9,17,19-23,25-27H,10-12H2,1H3/t17-,19-,20+,21+,22+/m1/s1. The predicted octanol–water partition coefficient (Wildman–Crippen LogP) is 0.386. The zero-order chi connectivity index (χ0) is 21.7. The van der Waals surface area contributed by atoms with Crippen LogP contribution in [0.2, 0.25) is 0 Å². The number of hydrogen-bond donors (Lipinski definition) is 4. The van der Waals surface area contributed by atoms with Crippen LogP contribution >= 0.6 is 0 Å². The monoisotopic (exact) mass is 418 g/mol. The summed E-state index contributed by atoms with van der Waals surface area (Å²) >= 11 is 0. The fraction of sp³-hybridized carbons (Fsp3) is 0.409. The van der Waals surface area contributed by atoms with Crippen molar-refractivity contribution >= 4 is 5.97 Å². The summed E-state index contributed by atoms with van der Waals surface area (Å²) in [6, 6.07) is 15.1. The molecule has 0 amide bonds. The summed E-state index contributed by atoms with van der Waals surface area (Å²) in [5.41, 5.74) is 3.47. The van der Waals surface area contributed by atoms with Gasteiger partial charge in [0, 0.05) is 0 Å². The average Bonchev–Trinajstić information content (AvgIpc) is 2.77. The van der Waals surface area contributed by atoms with Crippen LogP contribution in [0.5, 0.6) is 0 Å². The van der Waals surface area contributed by atoms with Gasteiger partial charge >= 0.3 is 5.97 Å². The molecule has 8 heteroatoms. The molecule has 0 aromatic heterocycles. The minimum Gasteiger partial charge on any atom is -0.469 e. The summed E-state index contributed by atoms with van der Waals surface area (Å²) in [5.74, 6) is -0.311. The number of aliphatic hydroxyl groups excluding tert-OH is 4. The number of carbonyl (C=O) groups is 1. The fourth-order valence-electron chi connectivity index (χ4n) is 3.32. The summed E-state index contributed by atoms with van der Waals surface area (Å²) in [6.45, 7) is -0.430. The minimum atomic E-state index is -1.48. The summed E-state index contributed by atoms with van der Waals surface area (Å²) in [5, 5.41) is 39.0. The molecule has 2 aromatic rings. The Morgan fingerprint density at radius 2 is 1.60 bits per heavy atom. The molecular formula is C22H26O8. The van der Waals surface area contributed by atoms with Gasteiger partial charge in [0.25, 0.3) is 0 Å². The normalized spacial score (nSPS) is 26.4. The molecule has 2 aromatic carbocycles. The van der Waals surface area contributed by atoms with E-state index in [-0.39, 0.29) is 19.0 Å². The van der Waals surface area contributed by atoms with Gasteiger partial charge in [0.1, 0.15) is 24.4 Å². The maximum absolute atomic E-state index is 11.5. The van der Waals surface area contributed by atoms with E-state index in [1.54, 1.807) is 0 Å². The highest BCUT2D eigenvalue weighted by molar-refractivity contribution is 5.74. The number of aliphatic hydroxyl groups is 4. The van der Waals surface area contributed by atoms with Gasteiger partial charge in [-0.3, -0.25) is 4.79 Å². The second-order valence-corrected chi connectivity index (χ2v) is 7.16. The van der Waals surface area contributed by atoms with Crippen LogP contribution in [0, 0.1) is 0 Å². The van der Waals surface area contributed by atoms with Crippen LogP contribution in [0.25, 0.3) is 11.1 Å². The molecule has 0 saturated carbocycles. The van der Waals surface area contributed by atoms with Gasteiger partial charge in [-0.05, 0) is 28.3 Å². The van der Waals surface area contributed by atoms with Crippen LogP contribution in [0.3, 0.4) is 0 Å². The molecule has 8 nitrogen and oxygen atoms in total. The third-order valence-corrected chi connectivity index (χ3v) is 5.03. The van der Waals surface area contributed by atoms with Crippen molar-refractivity contribution in [1.82, 2.24) is 0 Å². The molecule has 3 rings (SSSR count). The molecule has 1 saturated heterocycles. The molecule has 0 unspecified atom stereocenters. The molecule has 4 N–H and O–H groups in total. The highest BCUT2D eigenvalue weighted by Crippen LogP contribution is 2.25. The lowest BCUT2D eigenvalue weighted by Gasteiger charge is -2.39. The van der Waals surface area contributed by atoms with Crippen molar-refractivity contribution in [3.05, 3.63) is 59.7 Å². The Bertz CT molecular complexity index is 853. The molecule has 0 spiro atoms. The van der Waals surface area contributed by atoms with E-state index in [9.17, 15) is 25.2 Å². The molecule has 0 radical (unpaired) electrons. The molecule has 0 bridgehead atoms. The molecule has 1 aliphatic rings. The van der Waals surface area contributed by atoms with Crippen molar-refractivity contribution in [2.45, 2.75) is 43.7 Å². The highest BCUT2D eigenvalue weighted by Gasteiger charge is 2.43.